The van der Waals surface area contributed by atoms with Gasteiger partial charge in [-0.05, 0) is 18.6 Å². The van der Waals surface area contributed by atoms with Crippen LogP contribution in [0.3, 0.4) is 0 Å². The van der Waals surface area contributed by atoms with Crippen molar-refractivity contribution in [2.24, 2.45) is 0 Å². The SMILES string of the molecule is CC1=CC2(c3ccccc3)OOC1(c1ccccc1)O2. The fraction of sp³-hybridized carbons (Fsp3) is 0.176. The van der Waals surface area contributed by atoms with Gasteiger partial charge in [-0.15, -0.1) is 0 Å². The summed E-state index contributed by atoms with van der Waals surface area (Å²) in [6.45, 7) is 2.00. The Morgan fingerprint density at radius 1 is 0.750 bits per heavy atom. The van der Waals surface area contributed by atoms with Gasteiger partial charge in [-0.2, -0.15) is 9.78 Å². The molecule has 2 bridgehead atoms. The highest BCUT2D eigenvalue weighted by Crippen LogP contribution is 2.56. The molecule has 1 saturated heterocycles. The quantitative estimate of drug-likeness (QED) is 0.613. The van der Waals surface area contributed by atoms with Gasteiger partial charge in [-0.1, -0.05) is 60.7 Å². The average molecular weight is 266 g/mol. The number of benzene rings is 2. The average Bonchev–Trinajstić information content (AvgIpc) is 3.04. The highest BCUT2D eigenvalue weighted by molar-refractivity contribution is 5.39. The van der Waals surface area contributed by atoms with Crippen LogP contribution in [0.25, 0.3) is 0 Å². The first-order valence-electron chi connectivity index (χ1n) is 6.63. The van der Waals surface area contributed by atoms with Gasteiger partial charge in [0.15, 0.2) is 0 Å². The molecule has 2 atom stereocenters. The van der Waals surface area contributed by atoms with E-state index in [1.807, 2.05) is 73.7 Å². The zero-order chi connectivity index (χ0) is 13.6. The summed E-state index contributed by atoms with van der Waals surface area (Å²) < 4.78 is 6.19. The van der Waals surface area contributed by atoms with Crippen molar-refractivity contribution < 1.29 is 14.5 Å². The summed E-state index contributed by atoms with van der Waals surface area (Å²) in [4.78, 5) is 11.2. The monoisotopic (exact) mass is 266 g/mol. The Morgan fingerprint density at radius 2 is 1.35 bits per heavy atom. The van der Waals surface area contributed by atoms with Crippen molar-refractivity contribution in [2.75, 3.05) is 0 Å². The molecule has 2 aliphatic rings. The molecule has 2 aromatic rings. The van der Waals surface area contributed by atoms with Crippen LogP contribution >= 0.6 is 0 Å². The van der Waals surface area contributed by atoms with Crippen LogP contribution in [0.2, 0.25) is 0 Å². The summed E-state index contributed by atoms with van der Waals surface area (Å²) in [5, 5.41) is 0. The highest BCUT2D eigenvalue weighted by atomic mass is 17.3. The number of hydrogen-bond donors (Lipinski definition) is 0. The lowest BCUT2D eigenvalue weighted by molar-refractivity contribution is -0.349. The van der Waals surface area contributed by atoms with Crippen LogP contribution in [0.4, 0.5) is 0 Å². The Hall–Kier alpha value is -1.94. The predicted molar refractivity (Wildman–Crippen MR) is 73.3 cm³/mol. The molecule has 100 valence electrons. The fourth-order valence-corrected chi connectivity index (χ4v) is 2.80. The molecule has 20 heavy (non-hydrogen) atoms. The smallest absolute Gasteiger partial charge is 0.253 e. The van der Waals surface area contributed by atoms with Crippen molar-refractivity contribution in [1.82, 2.24) is 0 Å². The molecule has 1 fully saturated rings. The molecule has 0 saturated carbocycles. The molecule has 4 rings (SSSR count). The van der Waals surface area contributed by atoms with E-state index in [2.05, 4.69) is 0 Å². The summed E-state index contributed by atoms with van der Waals surface area (Å²) in [6, 6.07) is 19.7. The molecule has 0 aliphatic carbocycles. The number of rotatable bonds is 2. The maximum absolute atomic E-state index is 6.19. The molecule has 2 aliphatic heterocycles. The molecule has 0 N–H and O–H groups in total. The lowest BCUT2D eigenvalue weighted by atomic mass is 9.98. The van der Waals surface area contributed by atoms with Gasteiger partial charge in [0.05, 0.1) is 0 Å². The van der Waals surface area contributed by atoms with Crippen LogP contribution in [0.1, 0.15) is 18.1 Å². The summed E-state index contributed by atoms with van der Waals surface area (Å²) in [6.07, 6.45) is 1.98. The fourth-order valence-electron chi connectivity index (χ4n) is 2.80. The van der Waals surface area contributed by atoms with Gasteiger partial charge >= 0.3 is 0 Å². The van der Waals surface area contributed by atoms with Crippen LogP contribution in [0, 0.1) is 0 Å². The Kier molecular flexibility index (Phi) is 2.39. The second-order valence-corrected chi connectivity index (χ2v) is 5.11. The summed E-state index contributed by atoms with van der Waals surface area (Å²) in [5.74, 6) is -1.88. The normalized spacial score (nSPS) is 31.4. The molecule has 0 aromatic heterocycles. The molecule has 0 radical (unpaired) electrons. The third-order valence-electron chi connectivity index (χ3n) is 3.83. The van der Waals surface area contributed by atoms with Gasteiger partial charge in [0.2, 0.25) is 0 Å². The molecular formula is C17H14O3. The van der Waals surface area contributed by atoms with Crippen molar-refractivity contribution in [2.45, 2.75) is 18.5 Å². The molecule has 2 aromatic carbocycles. The second kappa shape index (κ2) is 4.03. The minimum Gasteiger partial charge on any atom is -0.297 e. The molecular weight excluding hydrogens is 252 g/mol. The molecule has 0 spiro atoms. The van der Waals surface area contributed by atoms with Crippen LogP contribution < -0.4 is 0 Å². The van der Waals surface area contributed by atoms with Crippen molar-refractivity contribution >= 4 is 0 Å². The van der Waals surface area contributed by atoms with E-state index in [1.54, 1.807) is 0 Å². The first-order chi connectivity index (χ1) is 9.75. The van der Waals surface area contributed by atoms with E-state index in [-0.39, 0.29) is 0 Å². The second-order valence-electron chi connectivity index (χ2n) is 5.11. The lowest BCUT2D eigenvalue weighted by Gasteiger charge is -2.23. The van der Waals surface area contributed by atoms with Crippen LogP contribution in [-0.4, -0.2) is 0 Å². The third-order valence-corrected chi connectivity index (χ3v) is 3.83. The molecule has 2 heterocycles. The molecule has 2 unspecified atom stereocenters. The van der Waals surface area contributed by atoms with Gasteiger partial charge in [-0.3, -0.25) is 4.74 Å². The zero-order valence-corrected chi connectivity index (χ0v) is 11.1. The lowest BCUT2D eigenvalue weighted by Crippen LogP contribution is -2.26. The largest absolute Gasteiger partial charge is 0.297 e. The topological polar surface area (TPSA) is 27.7 Å². The van der Waals surface area contributed by atoms with E-state index in [1.165, 1.54) is 0 Å². The molecule has 0 amide bonds. The minimum absolute atomic E-state index is 0.926. The van der Waals surface area contributed by atoms with E-state index in [9.17, 15) is 0 Å². The number of hydrogen-bond acceptors (Lipinski definition) is 3. The van der Waals surface area contributed by atoms with E-state index in [0.29, 0.717) is 0 Å². The van der Waals surface area contributed by atoms with Crippen molar-refractivity contribution in [1.29, 1.82) is 0 Å². The van der Waals surface area contributed by atoms with Crippen molar-refractivity contribution in [3.05, 3.63) is 83.4 Å². The Labute approximate surface area is 117 Å². The number of ether oxygens (including phenoxy) is 1. The Balaban J connectivity index is 1.81. The summed E-state index contributed by atoms with van der Waals surface area (Å²) in [7, 11) is 0. The van der Waals surface area contributed by atoms with Gasteiger partial charge < -0.3 is 0 Å². The van der Waals surface area contributed by atoms with E-state index >= 15 is 0 Å². The van der Waals surface area contributed by atoms with Crippen molar-refractivity contribution in [3.63, 3.8) is 0 Å². The van der Waals surface area contributed by atoms with Gasteiger partial charge in [-0.25, -0.2) is 0 Å². The van der Waals surface area contributed by atoms with Gasteiger partial charge in [0.1, 0.15) is 0 Å². The third kappa shape index (κ3) is 1.45. The first kappa shape index (κ1) is 11.9. The van der Waals surface area contributed by atoms with E-state index < -0.39 is 11.6 Å². The molecule has 3 heteroatoms. The van der Waals surface area contributed by atoms with Crippen LogP contribution in [0.5, 0.6) is 0 Å². The maximum atomic E-state index is 6.19. The Morgan fingerprint density at radius 3 is 1.95 bits per heavy atom. The van der Waals surface area contributed by atoms with Gasteiger partial charge in [0.25, 0.3) is 11.6 Å². The number of fused-ring (bicyclic) bond motifs is 2. The zero-order valence-electron chi connectivity index (χ0n) is 11.1. The van der Waals surface area contributed by atoms with Crippen LogP contribution in [0.15, 0.2) is 72.3 Å². The summed E-state index contributed by atoms with van der Waals surface area (Å²) >= 11 is 0. The highest BCUT2D eigenvalue weighted by Gasteiger charge is 2.60. The first-order valence-corrected chi connectivity index (χ1v) is 6.63. The maximum Gasteiger partial charge on any atom is 0.253 e. The summed E-state index contributed by atoms with van der Waals surface area (Å²) in [5.41, 5.74) is 2.86. The minimum atomic E-state index is -0.943. The van der Waals surface area contributed by atoms with Crippen LogP contribution in [-0.2, 0) is 26.1 Å². The standard InChI is InChI=1S/C17H14O3/c1-13-12-16(14-8-4-2-5-9-14)18-17(13,20-19-16)15-10-6-3-7-11-15/h2-12H,1H3. The van der Waals surface area contributed by atoms with Crippen molar-refractivity contribution in [3.8, 4) is 0 Å². The van der Waals surface area contributed by atoms with Gasteiger partial charge in [0, 0.05) is 11.1 Å². The molecule has 3 nitrogen and oxygen atoms in total. The van der Waals surface area contributed by atoms with E-state index in [4.69, 9.17) is 14.5 Å². The Bertz CT molecular complexity index is 665. The van der Waals surface area contributed by atoms with E-state index in [0.717, 1.165) is 16.7 Å². The predicted octanol–water partition coefficient (Wildman–Crippen LogP) is 3.63.